The quantitative estimate of drug-likeness (QED) is 0.712. The standard InChI is InChI=1S/C15H20N4O3S2/c1-19(13(20)9-23-15-18-17-14(16)24-15)7-6-10-4-5-11(21-2)12(8-10)22-3/h4-5,8H,6-7,9H2,1-3H3,(H2,16,17). The second-order valence-electron chi connectivity index (χ2n) is 4.95. The Balaban J connectivity index is 1.83. The molecular weight excluding hydrogens is 348 g/mol. The molecule has 0 saturated carbocycles. The number of nitrogens with zero attached hydrogens (tertiary/aromatic N) is 3. The Morgan fingerprint density at radius 3 is 2.67 bits per heavy atom. The Labute approximate surface area is 149 Å². The van der Waals surface area contributed by atoms with Gasteiger partial charge in [-0.2, -0.15) is 0 Å². The summed E-state index contributed by atoms with van der Waals surface area (Å²) in [6.07, 6.45) is 0.735. The van der Waals surface area contributed by atoms with Gasteiger partial charge in [0.25, 0.3) is 0 Å². The van der Waals surface area contributed by atoms with E-state index in [0.29, 0.717) is 33.3 Å². The van der Waals surface area contributed by atoms with Crippen molar-refractivity contribution in [3.8, 4) is 11.5 Å². The van der Waals surface area contributed by atoms with Crippen LogP contribution < -0.4 is 15.2 Å². The molecule has 0 aliphatic rings. The van der Waals surface area contributed by atoms with Gasteiger partial charge in [0.05, 0.1) is 20.0 Å². The van der Waals surface area contributed by atoms with Crippen molar-refractivity contribution in [2.75, 3.05) is 39.3 Å². The van der Waals surface area contributed by atoms with Gasteiger partial charge in [0.15, 0.2) is 15.8 Å². The van der Waals surface area contributed by atoms with E-state index < -0.39 is 0 Å². The number of carbonyl (C=O) groups excluding carboxylic acids is 1. The number of anilines is 1. The average molecular weight is 368 g/mol. The maximum Gasteiger partial charge on any atom is 0.232 e. The minimum absolute atomic E-state index is 0.0363. The van der Waals surface area contributed by atoms with Crippen molar-refractivity contribution >= 4 is 34.1 Å². The molecule has 2 N–H and O–H groups in total. The van der Waals surface area contributed by atoms with Gasteiger partial charge in [-0.05, 0) is 24.1 Å². The van der Waals surface area contributed by atoms with Crippen LogP contribution in [0.2, 0.25) is 0 Å². The van der Waals surface area contributed by atoms with E-state index >= 15 is 0 Å². The zero-order valence-electron chi connectivity index (χ0n) is 13.8. The van der Waals surface area contributed by atoms with Gasteiger partial charge in [0, 0.05) is 13.6 Å². The fourth-order valence-electron chi connectivity index (χ4n) is 1.97. The fourth-order valence-corrected chi connectivity index (χ4v) is 3.55. The first-order valence-electron chi connectivity index (χ1n) is 7.20. The maximum atomic E-state index is 12.2. The molecule has 0 fully saturated rings. The van der Waals surface area contributed by atoms with E-state index in [1.807, 2.05) is 18.2 Å². The number of amides is 1. The number of rotatable bonds is 8. The van der Waals surface area contributed by atoms with Crippen LogP contribution in [0.5, 0.6) is 11.5 Å². The minimum Gasteiger partial charge on any atom is -0.493 e. The molecule has 2 rings (SSSR count). The molecule has 0 aliphatic carbocycles. The largest absolute Gasteiger partial charge is 0.493 e. The van der Waals surface area contributed by atoms with E-state index in [0.717, 1.165) is 12.0 Å². The number of ether oxygens (including phenoxy) is 2. The second kappa shape index (κ2) is 8.74. The first-order chi connectivity index (χ1) is 11.5. The van der Waals surface area contributed by atoms with Crippen molar-refractivity contribution in [1.29, 1.82) is 0 Å². The fraction of sp³-hybridized carbons (Fsp3) is 0.400. The molecule has 0 atom stereocenters. The van der Waals surface area contributed by atoms with E-state index in [4.69, 9.17) is 15.2 Å². The number of hydrogen-bond acceptors (Lipinski definition) is 8. The van der Waals surface area contributed by atoms with Crippen LogP contribution in [0.1, 0.15) is 5.56 Å². The highest BCUT2D eigenvalue weighted by Gasteiger charge is 2.12. The van der Waals surface area contributed by atoms with Crippen LogP contribution in [-0.2, 0) is 11.2 Å². The van der Waals surface area contributed by atoms with Crippen molar-refractivity contribution in [2.45, 2.75) is 10.8 Å². The van der Waals surface area contributed by atoms with E-state index in [-0.39, 0.29) is 5.91 Å². The van der Waals surface area contributed by atoms with E-state index in [1.165, 1.54) is 23.1 Å². The minimum atomic E-state index is 0.0363. The molecule has 2 aromatic rings. The lowest BCUT2D eigenvalue weighted by Crippen LogP contribution is -2.30. The predicted octanol–water partition coefficient (Wildman–Crippen LogP) is 1.93. The molecule has 0 spiro atoms. The first-order valence-corrected chi connectivity index (χ1v) is 9.00. The van der Waals surface area contributed by atoms with Crippen LogP contribution >= 0.6 is 23.1 Å². The highest BCUT2D eigenvalue weighted by Crippen LogP contribution is 2.28. The lowest BCUT2D eigenvalue weighted by Gasteiger charge is -2.17. The SMILES string of the molecule is COc1ccc(CCN(C)C(=O)CSc2nnc(N)s2)cc1OC. The van der Waals surface area contributed by atoms with Gasteiger partial charge in [-0.1, -0.05) is 29.2 Å². The van der Waals surface area contributed by atoms with Crippen LogP contribution in [0, 0.1) is 0 Å². The predicted molar refractivity (Wildman–Crippen MR) is 95.9 cm³/mol. The molecule has 1 heterocycles. The number of nitrogen functional groups attached to an aromatic ring is 1. The van der Waals surface area contributed by atoms with E-state index in [2.05, 4.69) is 10.2 Å². The van der Waals surface area contributed by atoms with Gasteiger partial charge in [-0.25, -0.2) is 0 Å². The van der Waals surface area contributed by atoms with Crippen LogP contribution in [-0.4, -0.2) is 54.6 Å². The summed E-state index contributed by atoms with van der Waals surface area (Å²) in [5.41, 5.74) is 6.60. The lowest BCUT2D eigenvalue weighted by atomic mass is 10.1. The summed E-state index contributed by atoms with van der Waals surface area (Å²) in [4.78, 5) is 13.9. The lowest BCUT2D eigenvalue weighted by molar-refractivity contribution is -0.127. The number of hydrogen-bond donors (Lipinski definition) is 1. The van der Waals surface area contributed by atoms with Crippen LogP contribution in [0.4, 0.5) is 5.13 Å². The molecule has 7 nitrogen and oxygen atoms in total. The third-order valence-corrected chi connectivity index (χ3v) is 5.22. The molecular formula is C15H20N4O3S2. The van der Waals surface area contributed by atoms with Gasteiger partial charge < -0.3 is 20.1 Å². The average Bonchev–Trinajstić information content (AvgIpc) is 3.02. The zero-order valence-corrected chi connectivity index (χ0v) is 15.4. The Bertz CT molecular complexity index is 693. The number of methoxy groups -OCH3 is 2. The number of thioether (sulfide) groups is 1. The van der Waals surface area contributed by atoms with Crippen LogP contribution in [0.25, 0.3) is 0 Å². The molecule has 0 unspecified atom stereocenters. The molecule has 0 aliphatic heterocycles. The summed E-state index contributed by atoms with van der Waals surface area (Å²) in [7, 11) is 5.00. The smallest absolute Gasteiger partial charge is 0.232 e. The van der Waals surface area contributed by atoms with Crippen molar-refractivity contribution in [1.82, 2.24) is 15.1 Å². The number of aromatic nitrogens is 2. The van der Waals surface area contributed by atoms with E-state index in [9.17, 15) is 4.79 Å². The Morgan fingerprint density at radius 2 is 2.04 bits per heavy atom. The summed E-state index contributed by atoms with van der Waals surface area (Å²) in [5, 5.41) is 8.02. The Hall–Kier alpha value is -2.00. The number of benzene rings is 1. The molecule has 130 valence electrons. The monoisotopic (exact) mass is 368 g/mol. The third-order valence-electron chi connectivity index (χ3n) is 3.35. The second-order valence-corrected chi connectivity index (χ2v) is 7.18. The number of carbonyl (C=O) groups is 1. The summed E-state index contributed by atoms with van der Waals surface area (Å²) >= 11 is 2.63. The van der Waals surface area contributed by atoms with Gasteiger partial charge in [-0.15, -0.1) is 10.2 Å². The molecule has 0 saturated heterocycles. The van der Waals surface area contributed by atoms with Gasteiger partial charge in [0.1, 0.15) is 0 Å². The molecule has 0 radical (unpaired) electrons. The molecule has 1 aromatic heterocycles. The molecule has 1 amide bonds. The third kappa shape index (κ3) is 5.00. The van der Waals surface area contributed by atoms with Gasteiger partial charge in [0.2, 0.25) is 11.0 Å². The van der Waals surface area contributed by atoms with E-state index in [1.54, 1.807) is 26.2 Å². The highest BCUT2D eigenvalue weighted by atomic mass is 32.2. The summed E-state index contributed by atoms with van der Waals surface area (Å²) in [5.74, 6) is 1.73. The van der Waals surface area contributed by atoms with Crippen molar-refractivity contribution in [2.24, 2.45) is 0 Å². The van der Waals surface area contributed by atoms with Crippen LogP contribution in [0.15, 0.2) is 22.5 Å². The molecule has 1 aromatic carbocycles. The van der Waals surface area contributed by atoms with Gasteiger partial charge in [-0.3, -0.25) is 4.79 Å². The Morgan fingerprint density at radius 1 is 1.29 bits per heavy atom. The summed E-state index contributed by atoms with van der Waals surface area (Å²) in [6.45, 7) is 0.618. The van der Waals surface area contributed by atoms with Crippen molar-refractivity contribution in [3.05, 3.63) is 23.8 Å². The number of nitrogens with two attached hydrogens (primary N) is 1. The Kier molecular flexibility index (Phi) is 6.68. The zero-order chi connectivity index (χ0) is 17.5. The molecule has 24 heavy (non-hydrogen) atoms. The topological polar surface area (TPSA) is 90.6 Å². The number of likely N-dealkylation sites (N-methyl/N-ethyl adjacent to an activating group) is 1. The molecule has 0 bridgehead atoms. The van der Waals surface area contributed by atoms with Crippen LogP contribution in [0.3, 0.4) is 0 Å². The van der Waals surface area contributed by atoms with Gasteiger partial charge >= 0.3 is 0 Å². The van der Waals surface area contributed by atoms with Crippen molar-refractivity contribution < 1.29 is 14.3 Å². The summed E-state index contributed by atoms with van der Waals surface area (Å²) in [6, 6.07) is 5.76. The normalized spacial score (nSPS) is 10.5. The van der Waals surface area contributed by atoms with Crippen molar-refractivity contribution in [3.63, 3.8) is 0 Å². The summed E-state index contributed by atoms with van der Waals surface area (Å²) < 4.78 is 11.2. The molecule has 9 heteroatoms. The first kappa shape index (κ1) is 18.3. The highest BCUT2D eigenvalue weighted by molar-refractivity contribution is 8.01. The maximum absolute atomic E-state index is 12.2.